The lowest BCUT2D eigenvalue weighted by atomic mass is 10.0. The number of phenolic OH excluding ortho intramolecular Hbond substituents is 1. The molecule has 0 saturated carbocycles. The van der Waals surface area contributed by atoms with Gasteiger partial charge in [0.2, 0.25) is 76.8 Å². The summed E-state index contributed by atoms with van der Waals surface area (Å²) in [6.07, 6.45) is -0.525. The lowest BCUT2D eigenvalue weighted by Gasteiger charge is -2.30. The summed E-state index contributed by atoms with van der Waals surface area (Å²) in [6.45, 7) is 5.87. The van der Waals surface area contributed by atoms with Gasteiger partial charge in [-0.2, -0.15) is 0 Å². The zero-order valence-electron chi connectivity index (χ0n) is 61.6. The van der Waals surface area contributed by atoms with Crippen molar-refractivity contribution >= 4 is 144 Å². The summed E-state index contributed by atoms with van der Waals surface area (Å²) in [4.78, 5) is 188. The van der Waals surface area contributed by atoms with Crippen molar-refractivity contribution in [2.75, 3.05) is 55.7 Å². The Morgan fingerprint density at radius 2 is 0.882 bits per heavy atom. The molecular weight excluding hydrogens is 1510 g/mol. The molecule has 0 radical (unpaired) electrons. The van der Waals surface area contributed by atoms with Crippen LogP contribution < -0.4 is 119 Å². The molecular formula is C66H106N26O14S4. The average molecular weight is 1620 g/mol. The van der Waals surface area contributed by atoms with E-state index in [-0.39, 0.29) is 114 Å². The molecule has 0 aliphatic carbocycles. The van der Waals surface area contributed by atoms with Gasteiger partial charge in [0.15, 0.2) is 23.8 Å². The fourth-order valence-corrected chi connectivity index (χ4v) is 15.3. The Balaban J connectivity index is 1.92. The van der Waals surface area contributed by atoms with E-state index in [0.29, 0.717) is 11.1 Å². The number of primary amides is 1. The van der Waals surface area contributed by atoms with Crippen LogP contribution in [0.25, 0.3) is 0 Å². The molecule has 0 aromatic heterocycles. The summed E-state index contributed by atoms with van der Waals surface area (Å²) in [5.74, 6) is -16.4. The average Bonchev–Trinajstić information content (AvgIpc) is 0.845. The number of fused-ring (bicyclic) bond motifs is 5. The van der Waals surface area contributed by atoms with Crippen LogP contribution >= 0.6 is 43.2 Å². The van der Waals surface area contributed by atoms with E-state index in [4.69, 9.17) is 56.0 Å². The predicted octanol–water partition coefficient (Wildman–Crippen LogP) is -6.41. The molecule has 33 N–H and O–H groups in total. The van der Waals surface area contributed by atoms with Crippen molar-refractivity contribution in [3.8, 4) is 5.75 Å². The van der Waals surface area contributed by atoms with Gasteiger partial charge in [0.25, 0.3) is 0 Å². The molecule has 2 bridgehead atoms. The van der Waals surface area contributed by atoms with Crippen LogP contribution in [0.3, 0.4) is 0 Å². The van der Waals surface area contributed by atoms with Crippen molar-refractivity contribution in [3.05, 3.63) is 65.7 Å². The van der Waals surface area contributed by atoms with E-state index in [2.05, 4.69) is 85.1 Å². The Labute approximate surface area is 652 Å². The third-order valence-corrected chi connectivity index (χ3v) is 21.6. The molecule has 2 aromatic carbocycles. The van der Waals surface area contributed by atoms with Crippen molar-refractivity contribution in [3.63, 3.8) is 0 Å². The van der Waals surface area contributed by atoms with Gasteiger partial charge in [0.05, 0.1) is 12.6 Å². The number of carbonyl (C=O) groups is 13. The van der Waals surface area contributed by atoms with E-state index in [9.17, 15) is 53.1 Å². The number of guanidine groups is 4. The fraction of sp³-hybridized carbons (Fsp3) is 0.561. The molecule has 40 nitrogen and oxygen atoms in total. The highest BCUT2D eigenvalue weighted by molar-refractivity contribution is 8.77. The van der Waals surface area contributed by atoms with Crippen LogP contribution in [0, 0.1) is 33.5 Å². The lowest BCUT2D eigenvalue weighted by Crippen LogP contribution is -2.62. The maximum Gasteiger partial charge on any atom is 0.244 e. The molecule has 2 heterocycles. The second-order valence-corrected chi connectivity index (χ2v) is 31.5. The van der Waals surface area contributed by atoms with E-state index in [0.717, 1.165) is 43.2 Å². The highest BCUT2D eigenvalue weighted by atomic mass is 33.1. The van der Waals surface area contributed by atoms with Crippen LogP contribution in [0.2, 0.25) is 0 Å². The summed E-state index contributed by atoms with van der Waals surface area (Å²) < 4.78 is 0. The van der Waals surface area contributed by atoms with E-state index < -0.39 is 197 Å². The smallest absolute Gasteiger partial charge is 0.244 e. The number of rotatable bonds is 29. The highest BCUT2D eigenvalue weighted by Crippen LogP contribution is 2.26. The molecule has 44 heteroatoms. The topological polar surface area (TPSA) is 686 Å². The van der Waals surface area contributed by atoms with Gasteiger partial charge in [-0.3, -0.25) is 84.0 Å². The minimum atomic E-state index is -1.65. The summed E-state index contributed by atoms with van der Waals surface area (Å²) in [7, 11) is 3.70. The summed E-state index contributed by atoms with van der Waals surface area (Å²) in [6, 6.07) is -3.92. The minimum Gasteiger partial charge on any atom is -0.508 e. The second kappa shape index (κ2) is 48.3. The Morgan fingerprint density at radius 1 is 0.473 bits per heavy atom. The van der Waals surface area contributed by atoms with Crippen molar-refractivity contribution in [2.24, 2.45) is 46.2 Å². The van der Waals surface area contributed by atoms with E-state index >= 15 is 14.4 Å². The first-order chi connectivity index (χ1) is 52.1. The number of hydrogen-bond donors (Lipinski definition) is 27. The monoisotopic (exact) mass is 1610 g/mol. The normalized spacial score (nSPS) is 22.4. The Morgan fingerprint density at radius 3 is 1.34 bits per heavy atom. The molecule has 2 aliphatic heterocycles. The summed E-state index contributed by atoms with van der Waals surface area (Å²) in [5.41, 5.74) is 35.0. The summed E-state index contributed by atoms with van der Waals surface area (Å²) in [5, 5.41) is 83.0. The largest absolute Gasteiger partial charge is 0.508 e. The third kappa shape index (κ3) is 34.6. The lowest BCUT2D eigenvalue weighted by molar-refractivity contribution is -0.136. The van der Waals surface area contributed by atoms with Gasteiger partial charge in [0, 0.05) is 62.0 Å². The van der Waals surface area contributed by atoms with Gasteiger partial charge in [-0.15, -0.1) is 0 Å². The molecule has 0 spiro atoms. The number of phenols is 1. The number of nitrogens with two attached hydrogens (primary N) is 6. The molecule has 12 atom stereocenters. The SMILES string of the molecule is CC(C)[C@H](NC(=O)[C@@H]1CSSC[C@H](N)C(=O)N[C@@H](Cc2ccc(O)cc2)C(=O)N[C@H]2CSSC[C@H](NC(=O)[C@H](Cc3ccccc3)NC(=O)[C@H](CCCNC(=N)N)NC(=O)[C@H](CCCNC(=N)N)NC(=O)[C@H](CCCNC(=N)N)NC2=O)C(=O)N[C@@H](C(C)C)C(=O)N1)C(=O)NCC(=O)N[C@@H](CCCNC(=N)N)C(N)=O. The molecule has 2 fully saturated rings. The van der Waals surface area contributed by atoms with Gasteiger partial charge in [0.1, 0.15) is 72.2 Å². The first-order valence-corrected chi connectivity index (χ1v) is 40.4. The van der Waals surface area contributed by atoms with Crippen LogP contribution in [-0.4, -0.2) is 234 Å². The molecule has 2 aromatic rings. The molecule has 608 valence electrons. The molecule has 2 aliphatic rings. The van der Waals surface area contributed by atoms with Gasteiger partial charge in [-0.25, -0.2) is 0 Å². The highest BCUT2D eigenvalue weighted by Gasteiger charge is 2.39. The molecule has 110 heavy (non-hydrogen) atoms. The first kappa shape index (κ1) is 92.2. The Hall–Kier alpha value is -10.2. The zero-order chi connectivity index (χ0) is 81.6. The fourth-order valence-electron chi connectivity index (χ4n) is 10.7. The molecule has 2 saturated heterocycles. The van der Waals surface area contributed by atoms with E-state index in [1.165, 1.54) is 24.3 Å². The Bertz CT molecular complexity index is 3520. The maximum atomic E-state index is 15.2. The van der Waals surface area contributed by atoms with Crippen LogP contribution in [0.4, 0.5) is 0 Å². The number of hydrogen-bond acceptors (Lipinski definition) is 23. The van der Waals surface area contributed by atoms with Gasteiger partial charge in [-0.05, 0) is 86.5 Å². The number of aromatic hydroxyl groups is 1. The van der Waals surface area contributed by atoms with Crippen LogP contribution in [-0.2, 0) is 75.2 Å². The number of amides is 13. The quantitative estimate of drug-likeness (QED) is 0.0156. The second-order valence-electron chi connectivity index (χ2n) is 26.4. The van der Waals surface area contributed by atoms with Crippen molar-refractivity contribution in [2.45, 2.75) is 164 Å². The predicted molar refractivity (Wildman–Crippen MR) is 419 cm³/mol. The van der Waals surface area contributed by atoms with Gasteiger partial charge in [-0.1, -0.05) is 113 Å². The van der Waals surface area contributed by atoms with Crippen molar-refractivity contribution in [1.82, 2.24) is 85.1 Å². The maximum absolute atomic E-state index is 15.2. The summed E-state index contributed by atoms with van der Waals surface area (Å²) >= 11 is 0. The third-order valence-electron chi connectivity index (χ3n) is 16.7. The molecule has 0 unspecified atom stereocenters. The van der Waals surface area contributed by atoms with E-state index in [1.54, 1.807) is 58.0 Å². The molecule has 13 amide bonds. The van der Waals surface area contributed by atoms with Gasteiger partial charge < -0.3 is 125 Å². The van der Waals surface area contributed by atoms with Crippen LogP contribution in [0.5, 0.6) is 5.75 Å². The van der Waals surface area contributed by atoms with Crippen LogP contribution in [0.15, 0.2) is 54.6 Å². The van der Waals surface area contributed by atoms with Gasteiger partial charge >= 0.3 is 0 Å². The molecule has 4 rings (SSSR count). The minimum absolute atomic E-state index is 0.00805. The van der Waals surface area contributed by atoms with Crippen molar-refractivity contribution in [1.29, 1.82) is 21.6 Å². The number of benzene rings is 2. The standard InChI is InChI=1S/C66H106N26O14S4/c1-33(2)49(61(105)81-28-48(94)82-39(51(68)95)14-8-22-77-63(69)70)91-60(104)47-32-108-107-29-38(67)52(96)86-43(27-36-18-20-37(93)21-19-36)56(100)88-45-30-109-110-31-46(59(103)92-50(34(3)4)62(106)90-47)89-57(101)44(26-35-12-6-5-7-13-35)87-55(99)42(17-11-25-80-66(75)76)84-53(97)40(15-9-23-78-64(71)72)83-54(98)41(85-58(45)102)16-10-24-79-65(73)74/h5-7,12-13,18-21,33-34,38-47,49-50,93H,8-11,14-17,22-32,67H2,1-4H3,(H2,68,95)(H,81,105)(H,82,94)(H,83,98)(H,84,97)(H,85,102)(H,86,96)(H,87,99)(H,88,100)(H,89,101)(H,90,106)(H,91,104)(H,92,103)(H4,69,70,77)(H4,71,72,78)(H4,73,74,79)(H4,75,76,80)/t38-,39-,40-,41-,42-,43-,44-,45-,46-,47-,49-,50-/m0/s1. The number of carbonyl (C=O) groups excluding carboxylic acids is 13. The Kier molecular flexibility index (Phi) is 40.5. The van der Waals surface area contributed by atoms with Crippen LogP contribution in [0.1, 0.15) is 90.2 Å². The zero-order valence-corrected chi connectivity index (χ0v) is 64.8. The van der Waals surface area contributed by atoms with Crippen molar-refractivity contribution < 1.29 is 67.4 Å². The van der Waals surface area contributed by atoms with E-state index in [1.807, 2.05) is 0 Å². The first-order valence-electron chi connectivity index (χ1n) is 35.4. The number of nitrogens with one attached hydrogen (secondary N) is 20.